The molecule has 0 aliphatic carbocycles. The molecule has 0 fully saturated rings. The van der Waals surface area contributed by atoms with Gasteiger partial charge in [-0.2, -0.15) is 0 Å². The highest BCUT2D eigenvalue weighted by molar-refractivity contribution is 6.18. The van der Waals surface area contributed by atoms with E-state index in [9.17, 15) is 0 Å². The number of aromatic nitrogens is 4. The summed E-state index contributed by atoms with van der Waals surface area (Å²) in [6, 6.07) is 152. The van der Waals surface area contributed by atoms with Crippen molar-refractivity contribution in [2.24, 2.45) is 0 Å². The van der Waals surface area contributed by atoms with Crippen LogP contribution in [0.2, 0.25) is 0 Å². The molecule has 0 aliphatic rings. The third-order valence-electron chi connectivity index (χ3n) is 21.9. The standard InChI is InChI=1S/C56H36N2.C52H34N2/c1-3-13-37(14-4-1)47-33-53(41-17-5-2-6-18-41)57-54(34-47)42-27-25-40(26-28-42)50-35-52-51(45-29-23-38-15-7-9-19-43(38)31-45)36-55(58-56(52)49-22-12-11-21-48(49)50)46-30-24-39-16-8-10-20-44(39)32-46;1-3-11-35(12-4-1)37-19-23-40(24-20-37)47-34-51(43-27-21-38(22-28-43)36-13-5-2-6-14-36)54-52-45-17-9-8-16-44(45)46(33-48(47)52)39-25-29-42(30-26-39)50-32-31-41-15-7-10-18-49(41)53-50/h1-36H;1-34H. The highest BCUT2D eigenvalue weighted by Crippen LogP contribution is 2.45. The van der Waals surface area contributed by atoms with E-state index in [4.69, 9.17) is 19.9 Å². The fraction of sp³-hybridized carbons (Fsp3) is 0. The van der Waals surface area contributed by atoms with E-state index < -0.39 is 0 Å². The minimum Gasteiger partial charge on any atom is -0.248 e. The predicted molar refractivity (Wildman–Crippen MR) is 472 cm³/mol. The monoisotopic (exact) mass is 1420 g/mol. The molecule has 0 amide bonds. The zero-order valence-electron chi connectivity index (χ0n) is 61.2. The fourth-order valence-electron chi connectivity index (χ4n) is 16.1. The molecule has 21 rings (SSSR count). The molecule has 0 saturated heterocycles. The Kier molecular flexibility index (Phi) is 17.3. The van der Waals surface area contributed by atoms with E-state index in [-0.39, 0.29) is 0 Å². The van der Waals surface area contributed by atoms with Gasteiger partial charge < -0.3 is 0 Å². The molecule has 0 unspecified atom stereocenters. The van der Waals surface area contributed by atoms with Crippen molar-refractivity contribution in [3.05, 3.63) is 425 Å². The average molecular weight is 1420 g/mol. The molecular formula is C108H70N4. The maximum absolute atomic E-state index is 5.48. The van der Waals surface area contributed by atoms with Crippen molar-refractivity contribution in [2.45, 2.75) is 0 Å². The molecule has 4 heterocycles. The fourth-order valence-corrected chi connectivity index (χ4v) is 16.1. The van der Waals surface area contributed by atoms with E-state index in [1.807, 2.05) is 12.1 Å². The third kappa shape index (κ3) is 13.0. The molecular weight excluding hydrogens is 1350 g/mol. The Hall–Kier alpha value is -14.8. The Morgan fingerprint density at radius 1 is 0.125 bits per heavy atom. The highest BCUT2D eigenvalue weighted by Gasteiger charge is 2.21. The van der Waals surface area contributed by atoms with Crippen LogP contribution in [0.5, 0.6) is 0 Å². The molecule has 0 N–H and O–H groups in total. The minimum atomic E-state index is 0.944. The Balaban J connectivity index is 0.000000146. The van der Waals surface area contributed by atoms with Crippen molar-refractivity contribution in [1.82, 2.24) is 19.9 Å². The van der Waals surface area contributed by atoms with Crippen LogP contribution in [0, 0.1) is 0 Å². The van der Waals surface area contributed by atoms with Crippen LogP contribution in [0.4, 0.5) is 0 Å². The summed E-state index contributed by atoms with van der Waals surface area (Å²) in [4.78, 5) is 21.1. The molecule has 522 valence electrons. The van der Waals surface area contributed by atoms with E-state index in [2.05, 4.69) is 413 Å². The van der Waals surface area contributed by atoms with E-state index in [0.29, 0.717) is 0 Å². The first-order valence-electron chi connectivity index (χ1n) is 38.2. The van der Waals surface area contributed by atoms with Gasteiger partial charge in [0.15, 0.2) is 0 Å². The predicted octanol–water partition coefficient (Wildman–Crippen LogP) is 29.0. The van der Waals surface area contributed by atoms with Gasteiger partial charge in [0, 0.05) is 54.7 Å². The molecule has 0 atom stereocenters. The number of benzene rings is 17. The minimum absolute atomic E-state index is 0.944. The van der Waals surface area contributed by atoms with Crippen molar-refractivity contribution >= 4 is 75.8 Å². The van der Waals surface area contributed by atoms with E-state index >= 15 is 0 Å². The summed E-state index contributed by atoms with van der Waals surface area (Å²) in [5.41, 5.74) is 29.7. The molecule has 0 saturated carbocycles. The first kappa shape index (κ1) is 66.6. The molecule has 17 aromatic carbocycles. The van der Waals surface area contributed by atoms with Crippen molar-refractivity contribution in [2.75, 3.05) is 0 Å². The van der Waals surface area contributed by atoms with Crippen LogP contribution in [0.1, 0.15) is 0 Å². The van der Waals surface area contributed by atoms with Gasteiger partial charge in [-0.25, -0.2) is 19.9 Å². The van der Waals surface area contributed by atoms with Gasteiger partial charge in [-0.15, -0.1) is 0 Å². The summed E-state index contributed by atoms with van der Waals surface area (Å²) in [7, 11) is 0. The van der Waals surface area contributed by atoms with Crippen molar-refractivity contribution in [3.8, 4) is 134 Å². The largest absolute Gasteiger partial charge is 0.248 e. The number of fused-ring (bicyclic) bond motifs is 9. The molecule has 4 heteroatoms. The zero-order valence-corrected chi connectivity index (χ0v) is 61.2. The molecule has 0 bridgehead atoms. The quantitative estimate of drug-likeness (QED) is 0.114. The lowest BCUT2D eigenvalue weighted by Crippen LogP contribution is -1.94. The first-order chi connectivity index (χ1) is 55.5. The van der Waals surface area contributed by atoms with Gasteiger partial charge in [0.1, 0.15) is 0 Å². The number of pyridine rings is 4. The third-order valence-corrected chi connectivity index (χ3v) is 21.9. The van der Waals surface area contributed by atoms with E-state index in [1.54, 1.807) is 0 Å². The van der Waals surface area contributed by atoms with Crippen LogP contribution >= 0.6 is 0 Å². The Morgan fingerprint density at radius 2 is 0.420 bits per heavy atom. The average Bonchev–Trinajstić information content (AvgIpc) is 0.742. The lowest BCUT2D eigenvalue weighted by atomic mass is 9.90. The van der Waals surface area contributed by atoms with Gasteiger partial charge >= 0.3 is 0 Å². The van der Waals surface area contributed by atoms with Crippen LogP contribution < -0.4 is 0 Å². The summed E-state index contributed by atoms with van der Waals surface area (Å²) in [6.45, 7) is 0. The normalized spacial score (nSPS) is 11.4. The summed E-state index contributed by atoms with van der Waals surface area (Å²) in [5.74, 6) is 0. The topological polar surface area (TPSA) is 51.6 Å². The molecule has 0 radical (unpaired) electrons. The number of rotatable bonds is 12. The van der Waals surface area contributed by atoms with Gasteiger partial charge in [0.25, 0.3) is 0 Å². The maximum atomic E-state index is 5.48. The number of hydrogen-bond acceptors (Lipinski definition) is 4. The lowest BCUT2D eigenvalue weighted by Gasteiger charge is -2.16. The zero-order chi connectivity index (χ0) is 74.3. The summed E-state index contributed by atoms with van der Waals surface area (Å²) in [5, 5.41) is 12.9. The number of hydrogen-bond donors (Lipinski definition) is 0. The van der Waals surface area contributed by atoms with Crippen LogP contribution in [-0.4, -0.2) is 19.9 Å². The molecule has 4 nitrogen and oxygen atoms in total. The highest BCUT2D eigenvalue weighted by atomic mass is 14.7. The summed E-state index contributed by atoms with van der Waals surface area (Å²) in [6.07, 6.45) is 0. The molecule has 112 heavy (non-hydrogen) atoms. The second-order valence-electron chi connectivity index (χ2n) is 28.8. The second-order valence-corrected chi connectivity index (χ2v) is 28.8. The van der Waals surface area contributed by atoms with Gasteiger partial charge in [0.2, 0.25) is 0 Å². The number of nitrogens with zero attached hydrogens (tertiary/aromatic N) is 4. The molecule has 0 spiro atoms. The van der Waals surface area contributed by atoms with Crippen LogP contribution in [0.25, 0.3) is 210 Å². The van der Waals surface area contributed by atoms with Crippen LogP contribution in [0.3, 0.4) is 0 Å². The smallest absolute Gasteiger partial charge is 0.0794 e. The van der Waals surface area contributed by atoms with Gasteiger partial charge in [-0.1, -0.05) is 364 Å². The Morgan fingerprint density at radius 3 is 0.902 bits per heavy atom. The first-order valence-corrected chi connectivity index (χ1v) is 38.2. The van der Waals surface area contributed by atoms with Gasteiger partial charge in [-0.3, -0.25) is 0 Å². The van der Waals surface area contributed by atoms with E-state index in [0.717, 1.165) is 133 Å². The molecule has 21 aromatic rings. The van der Waals surface area contributed by atoms with Crippen molar-refractivity contribution in [1.29, 1.82) is 0 Å². The van der Waals surface area contributed by atoms with Crippen LogP contribution in [0.15, 0.2) is 425 Å². The second kappa shape index (κ2) is 29.0. The van der Waals surface area contributed by atoms with Crippen LogP contribution in [-0.2, 0) is 0 Å². The van der Waals surface area contributed by atoms with Crippen molar-refractivity contribution < 1.29 is 0 Å². The van der Waals surface area contributed by atoms with Gasteiger partial charge in [-0.05, 0) is 171 Å². The lowest BCUT2D eigenvalue weighted by molar-refractivity contribution is 1.32. The molecule has 4 aromatic heterocycles. The van der Waals surface area contributed by atoms with E-state index in [1.165, 1.54) is 76.8 Å². The SMILES string of the molecule is c1ccc(-c2cc(-c3ccccc3)nc(-c3ccc(-c4cc5c(-c6ccc7ccccc7c6)cc(-c6ccc7ccccc7c6)nc5c5ccccc45)cc3)c2)cc1.c1ccc(-c2ccc(-c3cc(-c4ccc(-c5ccccc5)cc4)c4cc(-c5ccc(-c6ccc7ccccc7n6)cc5)c5ccccc5c4n3)cc2)cc1. The Bertz CT molecular complexity index is 7050. The maximum Gasteiger partial charge on any atom is 0.0794 e. The Labute approximate surface area is 650 Å². The molecule has 0 aliphatic heterocycles. The van der Waals surface area contributed by atoms with Gasteiger partial charge in [0.05, 0.1) is 45.0 Å². The summed E-state index contributed by atoms with van der Waals surface area (Å²) < 4.78 is 0. The summed E-state index contributed by atoms with van der Waals surface area (Å²) >= 11 is 0. The number of para-hydroxylation sites is 1. The van der Waals surface area contributed by atoms with Crippen molar-refractivity contribution in [3.63, 3.8) is 0 Å².